The monoisotopic (exact) mass is 124 g/mol. The van der Waals surface area contributed by atoms with Crippen molar-refractivity contribution in [3.63, 3.8) is 0 Å². The van der Waals surface area contributed by atoms with E-state index in [9.17, 15) is 4.21 Å². The summed E-state index contributed by atoms with van der Waals surface area (Å²) in [6, 6.07) is 0. The van der Waals surface area contributed by atoms with Gasteiger partial charge in [-0.3, -0.25) is 9.11 Å². The summed E-state index contributed by atoms with van der Waals surface area (Å²) in [4.78, 5) is 0. The minimum atomic E-state index is -4.59. The van der Waals surface area contributed by atoms with Crippen LogP contribution in [0.4, 0.5) is 0 Å². The van der Waals surface area contributed by atoms with Gasteiger partial charge in [0.25, 0.3) is 0 Å². The Hall–Kier alpha value is 0.587. The second kappa shape index (κ2) is 3.57. The normalized spacial score (nSPS) is 12.4. The standard InChI is InChI=1S/Li.H4O5S.H/c;1-5-6(2,3)4;/h;1,6H,(H2,2,3,4);. The summed E-state index contributed by atoms with van der Waals surface area (Å²) in [5.41, 5.74) is 0. The summed E-state index contributed by atoms with van der Waals surface area (Å²) in [5, 5.41) is 7.14. The van der Waals surface area contributed by atoms with Crippen LogP contribution in [0.25, 0.3) is 0 Å². The fraction of sp³-hybridized carbons (Fsp3) is 0. The molecule has 0 saturated heterocycles. The van der Waals surface area contributed by atoms with E-state index < -0.39 is 10.8 Å². The zero-order chi connectivity index (χ0) is 5.21. The molecule has 7 heteroatoms. The van der Waals surface area contributed by atoms with Gasteiger partial charge < -0.3 is 0 Å². The first-order valence-electron chi connectivity index (χ1n) is 0.948. The molecule has 5 nitrogen and oxygen atoms in total. The quantitative estimate of drug-likeness (QED) is 0.151. The van der Waals surface area contributed by atoms with E-state index in [1.54, 1.807) is 0 Å². The third-order valence-electron chi connectivity index (χ3n) is 0.106. The predicted octanol–water partition coefficient (Wildman–Crippen LogP) is -1.29. The summed E-state index contributed by atoms with van der Waals surface area (Å²) in [6.45, 7) is 0. The van der Waals surface area contributed by atoms with Crippen LogP contribution >= 0.6 is 0 Å². The molecular weight excluding hydrogens is 119 g/mol. The summed E-state index contributed by atoms with van der Waals surface area (Å²) < 4.78 is 26.8. The van der Waals surface area contributed by atoms with Gasteiger partial charge in [0.15, 0.2) is 0 Å². The number of hydrogen-bond acceptors (Lipinski definition) is 3. The van der Waals surface area contributed by atoms with Crippen LogP contribution in [0.15, 0.2) is 0 Å². The average molecular weight is 124 g/mol. The van der Waals surface area contributed by atoms with E-state index >= 15 is 0 Å². The molecule has 0 saturated carbocycles. The molecule has 0 fully saturated rings. The molecule has 0 aromatic carbocycles. The predicted molar refractivity (Wildman–Crippen MR) is 25.7 cm³/mol. The first-order chi connectivity index (χ1) is 2.56. The van der Waals surface area contributed by atoms with Crippen molar-refractivity contribution in [1.29, 1.82) is 0 Å². The van der Waals surface area contributed by atoms with Crippen LogP contribution in [0, 0.1) is 0 Å². The summed E-state index contributed by atoms with van der Waals surface area (Å²) in [6.07, 6.45) is 0. The molecule has 0 aliphatic rings. The third kappa shape index (κ3) is 10.8. The maximum atomic E-state index is 9.22. The van der Waals surface area contributed by atoms with E-state index in [1.165, 1.54) is 0 Å². The Bertz CT molecular complexity index is 72.1. The Kier molecular flexibility index (Phi) is 5.38. The zero-order valence-electron chi connectivity index (χ0n) is 2.61. The van der Waals surface area contributed by atoms with E-state index in [1.807, 2.05) is 0 Å². The van der Waals surface area contributed by atoms with Crippen LogP contribution in [0.3, 0.4) is 0 Å². The van der Waals surface area contributed by atoms with Crippen LogP contribution < -0.4 is 0 Å². The molecule has 0 aliphatic heterocycles. The molecule has 0 atom stereocenters. The van der Waals surface area contributed by atoms with Crippen molar-refractivity contribution in [2.45, 2.75) is 0 Å². The van der Waals surface area contributed by atoms with Gasteiger partial charge in [0.1, 0.15) is 0 Å². The number of rotatable bonds is 1. The SMILES string of the molecule is O=[SH](O)(O)OO.[LiH]. The molecule has 0 radical (unpaired) electrons. The molecule has 0 bridgehead atoms. The zero-order valence-corrected chi connectivity index (χ0v) is 3.50. The van der Waals surface area contributed by atoms with Crippen molar-refractivity contribution >= 4 is 29.6 Å². The van der Waals surface area contributed by atoms with Gasteiger partial charge >= 0.3 is 18.9 Å². The summed E-state index contributed by atoms with van der Waals surface area (Å²) in [5.74, 6) is 0. The number of hydrogen-bond donors (Lipinski definition) is 4. The molecule has 0 aromatic heterocycles. The minimum absolute atomic E-state index is 0. The second-order valence-corrected chi connectivity index (χ2v) is 1.72. The third-order valence-corrected chi connectivity index (χ3v) is 0.319. The molecular formula is H5LiO5S. The van der Waals surface area contributed by atoms with Gasteiger partial charge in [-0.25, -0.2) is 9.47 Å². The molecule has 0 spiro atoms. The fourth-order valence-corrected chi connectivity index (χ4v) is 0. The Morgan fingerprint density at radius 1 is 1.43 bits per heavy atom. The van der Waals surface area contributed by atoms with Crippen molar-refractivity contribution < 1.29 is 22.9 Å². The first kappa shape index (κ1) is 10.5. The van der Waals surface area contributed by atoms with Crippen molar-refractivity contribution in [2.24, 2.45) is 0 Å². The molecule has 7 heavy (non-hydrogen) atoms. The molecule has 0 aliphatic carbocycles. The Balaban J connectivity index is 0. The van der Waals surface area contributed by atoms with Gasteiger partial charge in [0.2, 0.25) is 10.8 Å². The fourth-order valence-electron chi connectivity index (χ4n) is 0. The summed E-state index contributed by atoms with van der Waals surface area (Å²) in [7, 11) is -4.59. The van der Waals surface area contributed by atoms with Crippen LogP contribution in [0.5, 0.6) is 0 Å². The van der Waals surface area contributed by atoms with Crippen molar-refractivity contribution in [3.8, 4) is 0 Å². The molecule has 0 heterocycles. The van der Waals surface area contributed by atoms with E-state index in [2.05, 4.69) is 4.33 Å². The van der Waals surface area contributed by atoms with Crippen LogP contribution in [0.1, 0.15) is 0 Å². The number of thiol groups is 1. The van der Waals surface area contributed by atoms with Gasteiger partial charge in [-0.05, 0) is 0 Å². The van der Waals surface area contributed by atoms with E-state index in [0.29, 0.717) is 0 Å². The molecule has 3 N–H and O–H groups in total. The molecule has 0 unspecified atom stereocenters. The van der Waals surface area contributed by atoms with Crippen molar-refractivity contribution in [1.82, 2.24) is 0 Å². The van der Waals surface area contributed by atoms with Gasteiger partial charge in [0, 0.05) is 0 Å². The maximum absolute atomic E-state index is 9.22. The van der Waals surface area contributed by atoms with Gasteiger partial charge in [0.05, 0.1) is 0 Å². The van der Waals surface area contributed by atoms with E-state index in [4.69, 9.17) is 14.4 Å². The molecule has 0 aromatic rings. The van der Waals surface area contributed by atoms with Crippen LogP contribution in [-0.2, 0) is 15.1 Å². The molecule has 0 amide bonds. The topological polar surface area (TPSA) is 87.0 Å². The van der Waals surface area contributed by atoms with Crippen LogP contribution in [-0.4, -0.2) is 37.4 Å². The Morgan fingerprint density at radius 2 is 1.57 bits per heavy atom. The second-order valence-electron chi connectivity index (χ2n) is 0.572. The Labute approximate surface area is 53.1 Å². The first-order valence-corrected chi connectivity index (χ1v) is 2.48. The van der Waals surface area contributed by atoms with E-state index in [0.717, 1.165) is 0 Å². The van der Waals surface area contributed by atoms with Gasteiger partial charge in [-0.2, -0.15) is 0 Å². The van der Waals surface area contributed by atoms with E-state index in [-0.39, 0.29) is 18.9 Å². The van der Waals surface area contributed by atoms with Crippen molar-refractivity contribution in [2.75, 3.05) is 0 Å². The van der Waals surface area contributed by atoms with Crippen molar-refractivity contribution in [3.05, 3.63) is 0 Å². The van der Waals surface area contributed by atoms with Gasteiger partial charge in [-0.15, -0.1) is 4.33 Å². The van der Waals surface area contributed by atoms with Gasteiger partial charge in [-0.1, -0.05) is 0 Å². The summed E-state index contributed by atoms with van der Waals surface area (Å²) >= 11 is 0. The molecule has 42 valence electrons. The van der Waals surface area contributed by atoms with Crippen LogP contribution in [0.2, 0.25) is 0 Å². The Morgan fingerprint density at radius 3 is 1.57 bits per heavy atom. The average Bonchev–Trinajstić information content (AvgIpc) is 1.35. The molecule has 0 rings (SSSR count).